The Labute approximate surface area is 150 Å². The first-order chi connectivity index (χ1) is 12.2. The van der Waals surface area contributed by atoms with Crippen LogP contribution < -0.4 is 4.74 Å². The molecule has 1 heterocycles. The third-order valence-electron chi connectivity index (χ3n) is 3.72. The summed E-state index contributed by atoms with van der Waals surface area (Å²) in [6, 6.07) is 15.2. The Morgan fingerprint density at radius 1 is 1.24 bits per heavy atom. The van der Waals surface area contributed by atoms with Gasteiger partial charge in [0.25, 0.3) is 0 Å². The Kier molecular flexibility index (Phi) is 5.25. The lowest BCUT2D eigenvalue weighted by Gasteiger charge is -2.04. The molecule has 0 spiro atoms. The zero-order chi connectivity index (χ0) is 17.6. The number of phenols is 1. The minimum absolute atomic E-state index is 0.0616. The molecule has 2 N–H and O–H groups in total. The van der Waals surface area contributed by atoms with Crippen molar-refractivity contribution in [3.05, 3.63) is 70.3 Å². The van der Waals surface area contributed by atoms with Crippen molar-refractivity contribution >= 4 is 18.4 Å². The summed E-state index contributed by atoms with van der Waals surface area (Å²) in [6.07, 6.45) is 3.18. The number of nitrogens with one attached hydrogen (secondary N) is 1. The quantitative estimate of drug-likeness (QED) is 0.526. The molecule has 25 heavy (non-hydrogen) atoms. The molecule has 6 nitrogen and oxygen atoms in total. The summed E-state index contributed by atoms with van der Waals surface area (Å²) >= 11 is 5.25. The minimum atomic E-state index is 0.0616. The van der Waals surface area contributed by atoms with Gasteiger partial charge < -0.3 is 9.84 Å². The van der Waals surface area contributed by atoms with Gasteiger partial charge in [0, 0.05) is 6.42 Å². The van der Waals surface area contributed by atoms with E-state index < -0.39 is 0 Å². The number of benzene rings is 2. The zero-order valence-corrected chi connectivity index (χ0v) is 14.5. The molecule has 0 atom stereocenters. The Morgan fingerprint density at radius 3 is 2.76 bits per heavy atom. The van der Waals surface area contributed by atoms with Crippen molar-refractivity contribution in [2.24, 2.45) is 5.10 Å². The highest BCUT2D eigenvalue weighted by atomic mass is 32.1. The maximum Gasteiger partial charge on any atom is 0.216 e. The first kappa shape index (κ1) is 16.9. The molecule has 3 rings (SSSR count). The predicted octanol–water partition coefficient (Wildman–Crippen LogP) is 3.32. The highest BCUT2D eigenvalue weighted by Gasteiger charge is 2.06. The molecule has 0 saturated heterocycles. The van der Waals surface area contributed by atoms with Crippen molar-refractivity contribution in [1.82, 2.24) is 14.9 Å². The van der Waals surface area contributed by atoms with Gasteiger partial charge in [-0.2, -0.15) is 14.9 Å². The Balaban J connectivity index is 1.77. The maximum atomic E-state index is 9.84. The fraction of sp³-hybridized carbons (Fsp3) is 0.167. The van der Waals surface area contributed by atoms with Gasteiger partial charge in [0.2, 0.25) is 4.77 Å². The van der Waals surface area contributed by atoms with Crippen LogP contribution in [0.15, 0.2) is 53.6 Å². The molecule has 0 bridgehead atoms. The van der Waals surface area contributed by atoms with Gasteiger partial charge >= 0.3 is 0 Å². The van der Waals surface area contributed by atoms with Crippen molar-refractivity contribution in [1.29, 1.82) is 0 Å². The van der Waals surface area contributed by atoms with Crippen LogP contribution in [0.1, 0.15) is 17.0 Å². The molecule has 0 amide bonds. The number of H-pyrrole nitrogens is 1. The van der Waals surface area contributed by atoms with Crippen LogP contribution in [0.2, 0.25) is 0 Å². The number of nitrogens with zero attached hydrogens (tertiary/aromatic N) is 3. The van der Waals surface area contributed by atoms with Gasteiger partial charge in [0.1, 0.15) is 0 Å². The predicted molar refractivity (Wildman–Crippen MR) is 98.9 cm³/mol. The van der Waals surface area contributed by atoms with Gasteiger partial charge in [-0.15, -0.1) is 0 Å². The molecule has 3 aromatic rings. The van der Waals surface area contributed by atoms with E-state index in [0.29, 0.717) is 16.9 Å². The highest BCUT2D eigenvalue weighted by Crippen LogP contribution is 2.25. The van der Waals surface area contributed by atoms with E-state index >= 15 is 0 Å². The lowest BCUT2D eigenvalue weighted by molar-refractivity contribution is 0.373. The summed E-state index contributed by atoms with van der Waals surface area (Å²) in [5.74, 6) is 1.23. The minimum Gasteiger partial charge on any atom is -0.504 e. The van der Waals surface area contributed by atoms with Crippen LogP contribution in [0.5, 0.6) is 11.5 Å². The molecule has 0 unspecified atom stereocenters. The lowest BCUT2D eigenvalue weighted by Crippen LogP contribution is -2.01. The fourth-order valence-corrected chi connectivity index (χ4v) is 2.62. The van der Waals surface area contributed by atoms with Crippen molar-refractivity contribution in [2.45, 2.75) is 12.8 Å². The Bertz CT molecular complexity index is 932. The summed E-state index contributed by atoms with van der Waals surface area (Å²) in [5.41, 5.74) is 1.96. The first-order valence-corrected chi connectivity index (χ1v) is 8.20. The van der Waals surface area contributed by atoms with Crippen LogP contribution in [0.4, 0.5) is 0 Å². The monoisotopic (exact) mass is 354 g/mol. The second kappa shape index (κ2) is 7.76. The normalized spacial score (nSPS) is 11.1. The highest BCUT2D eigenvalue weighted by molar-refractivity contribution is 7.71. The number of methoxy groups -OCH3 is 1. The number of aryl methyl sites for hydroxylation is 2. The summed E-state index contributed by atoms with van der Waals surface area (Å²) in [5, 5.41) is 21.2. The van der Waals surface area contributed by atoms with E-state index in [2.05, 4.69) is 27.4 Å². The Morgan fingerprint density at radius 2 is 2.04 bits per heavy atom. The molecule has 2 aromatic carbocycles. The van der Waals surface area contributed by atoms with E-state index in [9.17, 15) is 5.11 Å². The van der Waals surface area contributed by atoms with E-state index in [0.717, 1.165) is 17.8 Å². The first-order valence-electron chi connectivity index (χ1n) is 7.79. The molecular formula is C18H18N4O2S. The fourth-order valence-electron chi connectivity index (χ4n) is 2.42. The number of ether oxygens (including phenoxy) is 1. The van der Waals surface area contributed by atoms with Crippen molar-refractivity contribution in [3.8, 4) is 11.5 Å². The van der Waals surface area contributed by atoms with E-state index in [1.165, 1.54) is 12.7 Å². The topological polar surface area (TPSA) is 75.4 Å². The molecular weight excluding hydrogens is 336 g/mol. The SMILES string of the molecule is COc1ccc(/C=N\n2c(CCc3ccccc3)n[nH]c2=S)cc1O. The average Bonchev–Trinajstić information content (AvgIpc) is 2.99. The Hall–Kier alpha value is -2.93. The van der Waals surface area contributed by atoms with Crippen molar-refractivity contribution < 1.29 is 9.84 Å². The van der Waals surface area contributed by atoms with Gasteiger partial charge in [-0.25, -0.2) is 0 Å². The van der Waals surface area contributed by atoms with Crippen molar-refractivity contribution in [2.75, 3.05) is 7.11 Å². The molecule has 0 aliphatic carbocycles. The van der Waals surface area contributed by atoms with Gasteiger partial charge in [-0.05, 0) is 48.0 Å². The van der Waals surface area contributed by atoms with E-state index in [4.69, 9.17) is 17.0 Å². The standard InChI is InChI=1S/C18H18N4O2S/c1-24-16-9-7-14(11-15(16)23)12-19-22-17(20-21-18(22)25)10-8-13-5-3-2-4-6-13/h2-7,9,11-12,23H,8,10H2,1H3,(H,21,25)/b19-12-. The number of aromatic nitrogens is 3. The second-order valence-corrected chi connectivity index (χ2v) is 5.80. The number of hydrogen-bond acceptors (Lipinski definition) is 5. The molecule has 1 aromatic heterocycles. The number of rotatable bonds is 6. The van der Waals surface area contributed by atoms with E-state index in [1.807, 2.05) is 18.2 Å². The summed E-state index contributed by atoms with van der Waals surface area (Å²) in [7, 11) is 1.51. The molecule has 128 valence electrons. The number of phenolic OH excluding ortho intramolecular Hbond substituents is 1. The van der Waals surface area contributed by atoms with Crippen LogP contribution in [0.3, 0.4) is 0 Å². The summed E-state index contributed by atoms with van der Waals surface area (Å²) in [4.78, 5) is 0. The molecule has 7 heteroatoms. The van der Waals surface area contributed by atoms with Gasteiger partial charge in [0.15, 0.2) is 17.3 Å². The van der Waals surface area contributed by atoms with Crippen LogP contribution >= 0.6 is 12.2 Å². The van der Waals surface area contributed by atoms with Gasteiger partial charge in [-0.3, -0.25) is 5.10 Å². The molecule has 0 aliphatic heterocycles. The third-order valence-corrected chi connectivity index (χ3v) is 3.99. The number of hydrogen-bond donors (Lipinski definition) is 2. The summed E-state index contributed by atoms with van der Waals surface area (Å²) < 4.78 is 7.06. The van der Waals surface area contributed by atoms with Crippen LogP contribution in [-0.2, 0) is 12.8 Å². The van der Waals surface area contributed by atoms with E-state index in [1.54, 1.807) is 29.1 Å². The van der Waals surface area contributed by atoms with Crippen LogP contribution in [0.25, 0.3) is 0 Å². The number of aromatic amines is 1. The largest absolute Gasteiger partial charge is 0.504 e. The van der Waals surface area contributed by atoms with Gasteiger partial charge in [-0.1, -0.05) is 30.3 Å². The number of aromatic hydroxyl groups is 1. The molecule has 0 radical (unpaired) electrons. The molecule has 0 saturated carbocycles. The lowest BCUT2D eigenvalue weighted by atomic mass is 10.1. The third kappa shape index (κ3) is 4.13. The van der Waals surface area contributed by atoms with Gasteiger partial charge in [0.05, 0.1) is 13.3 Å². The van der Waals surface area contributed by atoms with Crippen molar-refractivity contribution in [3.63, 3.8) is 0 Å². The van der Waals surface area contributed by atoms with Crippen LogP contribution in [-0.4, -0.2) is 33.3 Å². The molecule has 0 fully saturated rings. The van der Waals surface area contributed by atoms with Crippen LogP contribution in [0, 0.1) is 4.77 Å². The smallest absolute Gasteiger partial charge is 0.216 e. The molecule has 0 aliphatic rings. The zero-order valence-electron chi connectivity index (χ0n) is 13.7. The maximum absolute atomic E-state index is 9.84. The average molecular weight is 354 g/mol. The van der Waals surface area contributed by atoms with E-state index in [-0.39, 0.29) is 5.75 Å². The second-order valence-electron chi connectivity index (χ2n) is 5.42. The summed E-state index contributed by atoms with van der Waals surface area (Å²) in [6.45, 7) is 0.